The maximum absolute atomic E-state index is 12.4. The summed E-state index contributed by atoms with van der Waals surface area (Å²) < 4.78 is 37.2. The number of aliphatic hydroxyl groups is 1. The second-order valence-corrected chi connectivity index (χ2v) is 3.53. The van der Waals surface area contributed by atoms with E-state index in [0.717, 1.165) is 12.1 Å². The van der Waals surface area contributed by atoms with E-state index in [1.54, 1.807) is 6.07 Å². The van der Waals surface area contributed by atoms with Gasteiger partial charge in [-0.2, -0.15) is 18.4 Å². The minimum atomic E-state index is -4.48. The molecule has 1 rings (SSSR count). The van der Waals surface area contributed by atoms with Gasteiger partial charge in [-0.1, -0.05) is 6.07 Å². The Hall–Kier alpha value is -1.58. The number of halogens is 3. The number of nitriles is 1. The topological polar surface area (TPSA) is 70.0 Å². The van der Waals surface area contributed by atoms with Crippen LogP contribution in [0.1, 0.15) is 29.2 Å². The van der Waals surface area contributed by atoms with Gasteiger partial charge in [-0.15, -0.1) is 0 Å². The number of nitrogens with two attached hydrogens (primary N) is 1. The summed E-state index contributed by atoms with van der Waals surface area (Å²) in [6, 6.07) is 3.88. The van der Waals surface area contributed by atoms with Crippen LogP contribution in [0.25, 0.3) is 0 Å². The van der Waals surface area contributed by atoms with Crippen LogP contribution in [-0.4, -0.2) is 11.7 Å². The minimum absolute atomic E-state index is 0.110. The van der Waals surface area contributed by atoms with Crippen LogP contribution in [0.15, 0.2) is 18.2 Å². The van der Waals surface area contributed by atoms with E-state index in [0.29, 0.717) is 5.56 Å². The van der Waals surface area contributed by atoms with Gasteiger partial charge in [0.2, 0.25) is 0 Å². The highest BCUT2D eigenvalue weighted by Gasteiger charge is 2.31. The van der Waals surface area contributed by atoms with Gasteiger partial charge in [0.05, 0.1) is 17.2 Å². The molecule has 0 aliphatic heterocycles. The van der Waals surface area contributed by atoms with Gasteiger partial charge in [0.15, 0.2) is 0 Å². The van der Waals surface area contributed by atoms with Gasteiger partial charge in [0.1, 0.15) is 0 Å². The summed E-state index contributed by atoms with van der Waals surface area (Å²) in [5.74, 6) is 0. The molecule has 17 heavy (non-hydrogen) atoms. The normalized spacial score (nSPS) is 13.2. The summed E-state index contributed by atoms with van der Waals surface area (Å²) in [5, 5.41) is 17.5. The lowest BCUT2D eigenvalue weighted by atomic mass is 9.97. The van der Waals surface area contributed by atoms with Crippen LogP contribution in [0.4, 0.5) is 13.2 Å². The zero-order valence-corrected chi connectivity index (χ0v) is 8.83. The molecule has 3 nitrogen and oxygen atoms in total. The SMILES string of the molecule is N#Cc1cc(C(F)(F)F)ccc1[C@@H](N)CCO. The van der Waals surface area contributed by atoms with E-state index in [1.807, 2.05) is 0 Å². The van der Waals surface area contributed by atoms with Gasteiger partial charge in [-0.25, -0.2) is 0 Å². The molecule has 0 heterocycles. The molecular formula is C11H11F3N2O. The van der Waals surface area contributed by atoms with E-state index >= 15 is 0 Å². The molecule has 0 unspecified atom stereocenters. The Kier molecular flexibility index (Phi) is 4.10. The first-order valence-corrected chi connectivity index (χ1v) is 4.88. The van der Waals surface area contributed by atoms with Crippen molar-refractivity contribution in [2.24, 2.45) is 5.73 Å². The number of rotatable bonds is 3. The first-order chi connectivity index (χ1) is 7.90. The smallest absolute Gasteiger partial charge is 0.396 e. The Bertz CT molecular complexity index is 437. The zero-order chi connectivity index (χ0) is 13.1. The third-order valence-corrected chi connectivity index (χ3v) is 2.34. The van der Waals surface area contributed by atoms with Gasteiger partial charge < -0.3 is 10.8 Å². The molecule has 0 radical (unpaired) electrons. The lowest BCUT2D eigenvalue weighted by molar-refractivity contribution is -0.137. The number of alkyl halides is 3. The summed E-state index contributed by atoms with van der Waals surface area (Å²) in [5.41, 5.74) is 4.97. The van der Waals surface area contributed by atoms with Gasteiger partial charge in [0.25, 0.3) is 0 Å². The molecule has 1 aromatic rings. The number of hydrogen-bond acceptors (Lipinski definition) is 3. The predicted molar refractivity (Wildman–Crippen MR) is 54.8 cm³/mol. The maximum atomic E-state index is 12.4. The van der Waals surface area contributed by atoms with Gasteiger partial charge in [-0.05, 0) is 24.1 Å². The first kappa shape index (κ1) is 13.5. The number of nitrogens with zero attached hydrogens (tertiary/aromatic N) is 1. The van der Waals surface area contributed by atoms with Crippen LogP contribution in [0.5, 0.6) is 0 Å². The van der Waals surface area contributed by atoms with Crippen molar-refractivity contribution in [2.45, 2.75) is 18.6 Å². The van der Waals surface area contributed by atoms with Crippen LogP contribution in [0, 0.1) is 11.3 Å². The molecule has 1 atom stereocenters. The van der Waals surface area contributed by atoms with E-state index in [-0.39, 0.29) is 18.6 Å². The fraction of sp³-hybridized carbons (Fsp3) is 0.364. The third kappa shape index (κ3) is 3.19. The van der Waals surface area contributed by atoms with Crippen molar-refractivity contribution in [3.05, 3.63) is 34.9 Å². The highest BCUT2D eigenvalue weighted by Crippen LogP contribution is 2.31. The van der Waals surface area contributed by atoms with Crippen molar-refractivity contribution in [1.82, 2.24) is 0 Å². The molecule has 6 heteroatoms. The zero-order valence-electron chi connectivity index (χ0n) is 8.83. The Labute approximate surface area is 96.3 Å². The van der Waals surface area contributed by atoms with Gasteiger partial charge in [0, 0.05) is 12.6 Å². The average Bonchev–Trinajstić information content (AvgIpc) is 2.27. The largest absolute Gasteiger partial charge is 0.416 e. The molecule has 0 aromatic heterocycles. The highest BCUT2D eigenvalue weighted by molar-refractivity contribution is 5.43. The van der Waals surface area contributed by atoms with Gasteiger partial charge in [-0.3, -0.25) is 0 Å². The minimum Gasteiger partial charge on any atom is -0.396 e. The molecule has 0 aliphatic rings. The standard InChI is InChI=1S/C11H11F3N2O/c12-11(13,14)8-1-2-9(7(5-8)6-15)10(16)3-4-17/h1-2,5,10,17H,3-4,16H2/t10-/m0/s1. The number of benzene rings is 1. The van der Waals surface area contributed by atoms with Crippen molar-refractivity contribution in [3.8, 4) is 6.07 Å². The summed E-state index contributed by atoms with van der Waals surface area (Å²) >= 11 is 0. The molecule has 0 amide bonds. The highest BCUT2D eigenvalue weighted by atomic mass is 19.4. The maximum Gasteiger partial charge on any atom is 0.416 e. The molecule has 0 saturated heterocycles. The van der Waals surface area contributed by atoms with Crippen LogP contribution in [-0.2, 0) is 6.18 Å². The van der Waals surface area contributed by atoms with E-state index in [2.05, 4.69) is 0 Å². The second kappa shape index (κ2) is 5.17. The quantitative estimate of drug-likeness (QED) is 0.853. The van der Waals surface area contributed by atoms with Gasteiger partial charge >= 0.3 is 6.18 Å². The van der Waals surface area contributed by atoms with Crippen LogP contribution >= 0.6 is 0 Å². The fourth-order valence-electron chi connectivity index (χ4n) is 1.45. The lowest BCUT2D eigenvalue weighted by Gasteiger charge is -2.14. The number of hydrogen-bond donors (Lipinski definition) is 2. The predicted octanol–water partition coefficient (Wildman–Crippen LogP) is 1.96. The summed E-state index contributed by atoms with van der Waals surface area (Å²) in [7, 11) is 0. The monoisotopic (exact) mass is 244 g/mol. The Balaban J connectivity index is 3.16. The summed E-state index contributed by atoms with van der Waals surface area (Å²) in [6.45, 7) is -0.187. The molecule has 1 aromatic carbocycles. The Morgan fingerprint density at radius 1 is 1.41 bits per heavy atom. The molecule has 0 bridgehead atoms. The van der Waals surface area contributed by atoms with E-state index in [4.69, 9.17) is 16.1 Å². The van der Waals surface area contributed by atoms with Crippen molar-refractivity contribution in [2.75, 3.05) is 6.61 Å². The second-order valence-electron chi connectivity index (χ2n) is 3.53. The van der Waals surface area contributed by atoms with Crippen LogP contribution in [0.2, 0.25) is 0 Å². The Morgan fingerprint density at radius 2 is 2.06 bits per heavy atom. The molecule has 0 spiro atoms. The van der Waals surface area contributed by atoms with E-state index in [9.17, 15) is 13.2 Å². The lowest BCUT2D eigenvalue weighted by Crippen LogP contribution is -2.15. The molecule has 0 fully saturated rings. The average molecular weight is 244 g/mol. The molecule has 3 N–H and O–H groups in total. The Morgan fingerprint density at radius 3 is 2.53 bits per heavy atom. The van der Waals surface area contributed by atoms with Crippen molar-refractivity contribution < 1.29 is 18.3 Å². The van der Waals surface area contributed by atoms with Crippen molar-refractivity contribution >= 4 is 0 Å². The summed E-state index contributed by atoms with van der Waals surface area (Å²) in [6.07, 6.45) is -4.29. The molecule has 0 saturated carbocycles. The first-order valence-electron chi connectivity index (χ1n) is 4.88. The van der Waals surface area contributed by atoms with E-state index < -0.39 is 17.8 Å². The molecule has 92 valence electrons. The number of aliphatic hydroxyl groups excluding tert-OH is 1. The van der Waals surface area contributed by atoms with Crippen molar-refractivity contribution in [1.29, 1.82) is 5.26 Å². The summed E-state index contributed by atoms with van der Waals surface area (Å²) in [4.78, 5) is 0. The molecular weight excluding hydrogens is 233 g/mol. The van der Waals surface area contributed by atoms with Crippen LogP contribution in [0.3, 0.4) is 0 Å². The van der Waals surface area contributed by atoms with Crippen LogP contribution < -0.4 is 5.73 Å². The van der Waals surface area contributed by atoms with E-state index in [1.165, 1.54) is 6.07 Å². The molecule has 0 aliphatic carbocycles. The van der Waals surface area contributed by atoms with Crippen molar-refractivity contribution in [3.63, 3.8) is 0 Å². The fourth-order valence-corrected chi connectivity index (χ4v) is 1.45. The third-order valence-electron chi connectivity index (χ3n) is 2.34.